The summed E-state index contributed by atoms with van der Waals surface area (Å²) in [7, 11) is 0. The van der Waals surface area contributed by atoms with Crippen molar-refractivity contribution in [2.45, 2.75) is 18.9 Å². The molecular weight excluding hydrogens is 359 g/mol. The summed E-state index contributed by atoms with van der Waals surface area (Å²) in [6.45, 7) is 0.795. The lowest BCUT2D eigenvalue weighted by Crippen LogP contribution is -2.46. The van der Waals surface area contributed by atoms with Crippen molar-refractivity contribution in [2.75, 3.05) is 13.1 Å². The minimum absolute atomic E-state index is 0.0276. The first-order chi connectivity index (χ1) is 12.5. The van der Waals surface area contributed by atoms with Crippen LogP contribution in [0.15, 0.2) is 42.5 Å². The average Bonchev–Trinajstić information content (AvgIpc) is 2.62. The van der Waals surface area contributed by atoms with E-state index in [-0.39, 0.29) is 28.3 Å². The van der Waals surface area contributed by atoms with Crippen molar-refractivity contribution in [2.24, 2.45) is 0 Å². The Hall–Kier alpha value is -2.60. The van der Waals surface area contributed by atoms with Gasteiger partial charge in [-0.25, -0.2) is 4.39 Å². The summed E-state index contributed by atoms with van der Waals surface area (Å²) in [5.74, 6) is -1.32. The van der Waals surface area contributed by atoms with E-state index in [1.165, 1.54) is 30.3 Å². The molecule has 0 radical (unpaired) electrons. The number of carbonyl (C=O) groups excluding carboxylic acids is 2. The van der Waals surface area contributed by atoms with Crippen LogP contribution in [0.4, 0.5) is 4.39 Å². The minimum Gasteiger partial charge on any atom is -0.508 e. The second-order valence-corrected chi connectivity index (χ2v) is 6.59. The summed E-state index contributed by atoms with van der Waals surface area (Å²) in [4.78, 5) is 26.3. The van der Waals surface area contributed by atoms with Gasteiger partial charge in [-0.2, -0.15) is 0 Å². The fourth-order valence-electron chi connectivity index (χ4n) is 3.00. The van der Waals surface area contributed by atoms with Gasteiger partial charge in [-0.3, -0.25) is 9.59 Å². The van der Waals surface area contributed by atoms with Crippen molar-refractivity contribution >= 4 is 23.4 Å². The first-order valence-corrected chi connectivity index (χ1v) is 8.66. The van der Waals surface area contributed by atoms with Crippen molar-refractivity contribution in [3.8, 4) is 5.75 Å². The predicted octanol–water partition coefficient (Wildman–Crippen LogP) is 3.22. The molecule has 0 aliphatic carbocycles. The van der Waals surface area contributed by atoms with Crippen molar-refractivity contribution in [3.63, 3.8) is 0 Å². The second-order valence-electron chi connectivity index (χ2n) is 6.19. The summed E-state index contributed by atoms with van der Waals surface area (Å²) < 4.78 is 13.9. The predicted molar refractivity (Wildman–Crippen MR) is 95.9 cm³/mol. The van der Waals surface area contributed by atoms with Gasteiger partial charge in [0.2, 0.25) is 0 Å². The van der Waals surface area contributed by atoms with Crippen LogP contribution in [0.1, 0.15) is 33.6 Å². The van der Waals surface area contributed by atoms with Gasteiger partial charge in [0.15, 0.2) is 0 Å². The normalized spacial score (nSPS) is 14.9. The van der Waals surface area contributed by atoms with E-state index in [4.69, 9.17) is 11.6 Å². The first kappa shape index (κ1) is 18.2. The maximum Gasteiger partial charge on any atom is 0.258 e. The molecule has 7 heteroatoms. The molecule has 3 rings (SSSR count). The second kappa shape index (κ2) is 7.74. The van der Waals surface area contributed by atoms with E-state index in [2.05, 4.69) is 5.32 Å². The van der Waals surface area contributed by atoms with E-state index < -0.39 is 11.7 Å². The van der Waals surface area contributed by atoms with Gasteiger partial charge < -0.3 is 15.3 Å². The Morgan fingerprint density at radius 1 is 1.15 bits per heavy atom. The first-order valence-electron chi connectivity index (χ1n) is 8.29. The number of amides is 2. The lowest BCUT2D eigenvalue weighted by molar-refractivity contribution is 0.0694. The van der Waals surface area contributed by atoms with E-state index in [0.29, 0.717) is 31.5 Å². The molecular formula is C19H18ClFN2O3. The summed E-state index contributed by atoms with van der Waals surface area (Å²) in [6, 6.07) is 10.2. The number of phenolic OH excluding ortho intramolecular Hbond substituents is 1. The number of hydrogen-bond acceptors (Lipinski definition) is 3. The van der Waals surface area contributed by atoms with Crippen LogP contribution in [0.25, 0.3) is 0 Å². The monoisotopic (exact) mass is 376 g/mol. The lowest BCUT2D eigenvalue weighted by atomic mass is 10.0. The van der Waals surface area contributed by atoms with Crippen LogP contribution >= 0.6 is 11.6 Å². The maximum atomic E-state index is 13.9. The van der Waals surface area contributed by atoms with Crippen molar-refractivity contribution < 1.29 is 19.1 Å². The number of aromatic hydroxyl groups is 1. The number of carbonyl (C=O) groups is 2. The molecule has 2 amide bonds. The van der Waals surface area contributed by atoms with Gasteiger partial charge in [0.1, 0.15) is 11.6 Å². The van der Waals surface area contributed by atoms with E-state index in [1.54, 1.807) is 17.0 Å². The van der Waals surface area contributed by atoms with Gasteiger partial charge in [0.05, 0.1) is 10.6 Å². The summed E-state index contributed by atoms with van der Waals surface area (Å²) in [6.07, 6.45) is 1.12. The van der Waals surface area contributed by atoms with Crippen LogP contribution in [0, 0.1) is 5.82 Å². The molecule has 1 aliphatic heterocycles. The van der Waals surface area contributed by atoms with Gasteiger partial charge in [-0.15, -0.1) is 0 Å². The molecule has 2 N–H and O–H groups in total. The number of phenols is 1. The average molecular weight is 377 g/mol. The Kier molecular flexibility index (Phi) is 5.42. The number of hydrogen-bond donors (Lipinski definition) is 2. The van der Waals surface area contributed by atoms with Crippen molar-refractivity contribution in [1.29, 1.82) is 0 Å². The Balaban J connectivity index is 1.59. The molecule has 0 aromatic heterocycles. The molecule has 1 heterocycles. The standard InChI is InChI=1S/C19H18ClFN2O3/c20-15-5-2-6-16(21)17(15)19(26)23-9-7-13(8-10-23)22-18(25)12-3-1-4-14(24)11-12/h1-6,11,13,24H,7-10H2,(H,22,25). The largest absolute Gasteiger partial charge is 0.508 e. The minimum atomic E-state index is -0.637. The molecule has 1 aliphatic rings. The quantitative estimate of drug-likeness (QED) is 0.864. The SMILES string of the molecule is O=C(NC1CCN(C(=O)c2c(F)cccc2Cl)CC1)c1cccc(O)c1. The number of halogens is 2. The smallest absolute Gasteiger partial charge is 0.258 e. The molecule has 5 nitrogen and oxygen atoms in total. The number of nitrogens with zero attached hydrogens (tertiary/aromatic N) is 1. The van der Waals surface area contributed by atoms with Crippen LogP contribution < -0.4 is 5.32 Å². The number of benzene rings is 2. The third kappa shape index (κ3) is 3.96. The number of likely N-dealkylation sites (tertiary alicyclic amines) is 1. The molecule has 2 aromatic carbocycles. The molecule has 1 saturated heterocycles. The molecule has 136 valence electrons. The Bertz CT molecular complexity index is 815. The summed E-state index contributed by atoms with van der Waals surface area (Å²) >= 11 is 5.96. The van der Waals surface area contributed by atoms with E-state index in [0.717, 1.165) is 0 Å². The third-order valence-electron chi connectivity index (χ3n) is 4.40. The molecule has 0 saturated carbocycles. The Morgan fingerprint density at radius 2 is 1.85 bits per heavy atom. The number of piperidine rings is 1. The van der Waals surface area contributed by atoms with Crippen LogP contribution in [-0.4, -0.2) is 41.0 Å². The molecule has 1 fully saturated rings. The highest BCUT2D eigenvalue weighted by molar-refractivity contribution is 6.33. The molecule has 0 atom stereocenters. The highest BCUT2D eigenvalue weighted by Gasteiger charge is 2.27. The van der Waals surface area contributed by atoms with Gasteiger partial charge in [0, 0.05) is 24.7 Å². The molecule has 2 aromatic rings. The van der Waals surface area contributed by atoms with Crippen LogP contribution in [0.2, 0.25) is 5.02 Å². The third-order valence-corrected chi connectivity index (χ3v) is 4.72. The van der Waals surface area contributed by atoms with Gasteiger partial charge >= 0.3 is 0 Å². The van der Waals surface area contributed by atoms with E-state index in [9.17, 15) is 19.1 Å². The summed E-state index contributed by atoms with van der Waals surface area (Å²) in [5.41, 5.74) is 0.262. The topological polar surface area (TPSA) is 69.6 Å². The highest BCUT2D eigenvalue weighted by Crippen LogP contribution is 2.23. The lowest BCUT2D eigenvalue weighted by Gasteiger charge is -2.32. The fraction of sp³-hybridized carbons (Fsp3) is 0.263. The zero-order valence-electron chi connectivity index (χ0n) is 13.9. The fourth-order valence-corrected chi connectivity index (χ4v) is 3.25. The van der Waals surface area contributed by atoms with Gasteiger partial charge in [-0.1, -0.05) is 23.7 Å². The van der Waals surface area contributed by atoms with Crippen LogP contribution in [0.3, 0.4) is 0 Å². The zero-order chi connectivity index (χ0) is 18.7. The van der Waals surface area contributed by atoms with Gasteiger partial charge in [0.25, 0.3) is 11.8 Å². The Labute approximate surface area is 155 Å². The molecule has 26 heavy (non-hydrogen) atoms. The maximum absolute atomic E-state index is 13.9. The molecule has 0 unspecified atom stereocenters. The molecule has 0 spiro atoms. The summed E-state index contributed by atoms with van der Waals surface area (Å²) in [5, 5.41) is 12.4. The Morgan fingerprint density at radius 3 is 2.50 bits per heavy atom. The zero-order valence-corrected chi connectivity index (χ0v) is 14.7. The van der Waals surface area contributed by atoms with Crippen molar-refractivity contribution in [1.82, 2.24) is 10.2 Å². The number of nitrogens with one attached hydrogen (secondary N) is 1. The highest BCUT2D eigenvalue weighted by atomic mass is 35.5. The van der Waals surface area contributed by atoms with Crippen LogP contribution in [0.5, 0.6) is 5.75 Å². The van der Waals surface area contributed by atoms with Gasteiger partial charge in [-0.05, 0) is 43.2 Å². The molecule has 0 bridgehead atoms. The number of rotatable bonds is 3. The van der Waals surface area contributed by atoms with Crippen molar-refractivity contribution in [3.05, 3.63) is 64.4 Å². The van der Waals surface area contributed by atoms with Crippen LogP contribution in [-0.2, 0) is 0 Å². The van der Waals surface area contributed by atoms with E-state index >= 15 is 0 Å². The van der Waals surface area contributed by atoms with E-state index in [1.807, 2.05) is 0 Å².